The molecule has 0 spiro atoms. The van der Waals surface area contributed by atoms with Crippen LogP contribution in [0.25, 0.3) is 0 Å². The lowest BCUT2D eigenvalue weighted by Crippen LogP contribution is -2.42. The van der Waals surface area contributed by atoms with E-state index in [4.69, 9.17) is 4.74 Å². The quantitative estimate of drug-likeness (QED) is 0.800. The average molecular weight is 324 g/mol. The molecule has 1 heterocycles. The van der Waals surface area contributed by atoms with Gasteiger partial charge < -0.3 is 9.64 Å². The topological polar surface area (TPSA) is 75.7 Å². The number of ether oxygens (including phenoxy) is 1. The highest BCUT2D eigenvalue weighted by atomic mass is 32.2. The molecule has 6 nitrogen and oxygen atoms in total. The number of carbonyl (C=O) groups is 1. The van der Waals surface area contributed by atoms with Crippen LogP contribution in [0.4, 0.5) is 5.69 Å². The molecule has 0 aliphatic carbocycles. The molecule has 2 rings (SSSR count). The van der Waals surface area contributed by atoms with Crippen molar-refractivity contribution in [2.45, 2.75) is 19.4 Å². The van der Waals surface area contributed by atoms with Gasteiger partial charge in [0, 0.05) is 6.54 Å². The Morgan fingerprint density at radius 1 is 1.45 bits per heavy atom. The molecular weight excluding hydrogens is 304 g/mol. The number of carbonyl (C=O) groups excluding carboxylic acids is 1. The number of nitrogens with one attached hydrogen (secondary N) is 1. The number of anilines is 1. The molecule has 0 bridgehead atoms. The van der Waals surface area contributed by atoms with Crippen molar-refractivity contribution in [3.8, 4) is 5.75 Å². The third-order valence-corrected chi connectivity index (χ3v) is 4.86. The Morgan fingerprint density at radius 2 is 2.14 bits per heavy atom. The third kappa shape index (κ3) is 3.66. The highest BCUT2D eigenvalue weighted by Gasteiger charge is 2.36. The summed E-state index contributed by atoms with van der Waals surface area (Å²) in [4.78, 5) is 14.0. The third-order valence-electron chi connectivity index (χ3n) is 3.34. The number of rotatable bonds is 6. The maximum atomic E-state index is 12.5. The first-order valence-corrected chi connectivity index (χ1v) is 8.58. The van der Waals surface area contributed by atoms with E-state index in [1.807, 2.05) is 12.1 Å². The van der Waals surface area contributed by atoms with Gasteiger partial charge >= 0.3 is 0 Å². The van der Waals surface area contributed by atoms with Crippen LogP contribution in [0.1, 0.15) is 13.3 Å². The maximum Gasteiger partial charge on any atom is 0.245 e. The lowest BCUT2D eigenvalue weighted by atomic mass is 10.2. The second-order valence-electron chi connectivity index (χ2n) is 5.34. The van der Waals surface area contributed by atoms with E-state index in [2.05, 4.69) is 11.3 Å². The molecular formula is C15H20N2O4S. The van der Waals surface area contributed by atoms with E-state index in [1.54, 1.807) is 24.0 Å². The number of methoxy groups -OCH3 is 1. The van der Waals surface area contributed by atoms with Crippen LogP contribution in [-0.2, 0) is 14.8 Å². The van der Waals surface area contributed by atoms with Crippen molar-refractivity contribution in [2.75, 3.05) is 24.3 Å². The van der Waals surface area contributed by atoms with E-state index in [1.165, 1.54) is 7.11 Å². The van der Waals surface area contributed by atoms with Gasteiger partial charge in [0.1, 0.15) is 11.8 Å². The molecule has 7 heteroatoms. The summed E-state index contributed by atoms with van der Waals surface area (Å²) >= 11 is 0. The van der Waals surface area contributed by atoms with Crippen molar-refractivity contribution in [1.29, 1.82) is 0 Å². The summed E-state index contributed by atoms with van der Waals surface area (Å²) in [5.41, 5.74) is 1.18. The van der Waals surface area contributed by atoms with Gasteiger partial charge in [-0.05, 0) is 25.5 Å². The van der Waals surface area contributed by atoms with Gasteiger partial charge in [0.2, 0.25) is 15.9 Å². The summed E-state index contributed by atoms with van der Waals surface area (Å²) in [6.45, 7) is 5.67. The van der Waals surface area contributed by atoms with E-state index in [0.29, 0.717) is 30.0 Å². The second-order valence-corrected chi connectivity index (χ2v) is 7.09. The van der Waals surface area contributed by atoms with Gasteiger partial charge in [0.25, 0.3) is 0 Å². The van der Waals surface area contributed by atoms with Gasteiger partial charge in [-0.25, -0.2) is 13.1 Å². The van der Waals surface area contributed by atoms with Gasteiger partial charge in [0.15, 0.2) is 0 Å². The van der Waals surface area contributed by atoms with E-state index in [0.717, 1.165) is 0 Å². The van der Waals surface area contributed by atoms with Crippen LogP contribution < -0.4 is 14.4 Å². The highest BCUT2D eigenvalue weighted by molar-refractivity contribution is 7.89. The van der Waals surface area contributed by atoms with Crippen LogP contribution >= 0.6 is 0 Å². The van der Waals surface area contributed by atoms with Gasteiger partial charge in [-0.15, -0.1) is 0 Å². The predicted octanol–water partition coefficient (Wildman–Crippen LogP) is 1.30. The molecule has 1 aliphatic rings. The number of amides is 1. The Kier molecular flexibility index (Phi) is 4.87. The minimum atomic E-state index is -3.55. The zero-order valence-corrected chi connectivity index (χ0v) is 13.5. The first-order chi connectivity index (χ1) is 10.3. The molecule has 0 unspecified atom stereocenters. The molecule has 1 fully saturated rings. The van der Waals surface area contributed by atoms with E-state index >= 15 is 0 Å². The number of sulfonamides is 1. The number of nitrogens with zero attached hydrogens (tertiary/aromatic N) is 1. The molecule has 1 aromatic rings. The molecule has 0 aromatic heterocycles. The van der Waals surface area contributed by atoms with Gasteiger partial charge in [-0.1, -0.05) is 24.3 Å². The number of para-hydroxylation sites is 2. The van der Waals surface area contributed by atoms with Crippen LogP contribution in [0, 0.1) is 0 Å². The highest BCUT2D eigenvalue weighted by Crippen LogP contribution is 2.31. The van der Waals surface area contributed by atoms with Crippen molar-refractivity contribution < 1.29 is 17.9 Å². The zero-order valence-electron chi connectivity index (χ0n) is 12.7. The lowest BCUT2D eigenvalue weighted by Gasteiger charge is -2.19. The molecule has 1 amide bonds. The molecule has 1 N–H and O–H groups in total. The molecule has 22 heavy (non-hydrogen) atoms. The standard InChI is InChI=1S/C15H20N2O4S/c1-11(2)10-22(19,20)16-12-8-9-17(15(12)18)13-6-4-5-7-14(13)21-3/h4-7,12,16H,1,8-10H2,2-3H3/t12-/m0/s1. The number of benzene rings is 1. The Hall–Kier alpha value is -1.86. The Bertz CT molecular complexity index is 685. The molecule has 0 saturated carbocycles. The first kappa shape index (κ1) is 16.5. The van der Waals surface area contributed by atoms with Crippen LogP contribution in [0.2, 0.25) is 0 Å². The Labute approximate surface area is 130 Å². The van der Waals surface area contributed by atoms with Crippen LogP contribution in [-0.4, -0.2) is 39.8 Å². The Balaban J connectivity index is 2.15. The van der Waals surface area contributed by atoms with Crippen LogP contribution in [0.5, 0.6) is 5.75 Å². The van der Waals surface area contributed by atoms with E-state index < -0.39 is 16.1 Å². The average Bonchev–Trinajstić information content (AvgIpc) is 2.78. The summed E-state index contributed by atoms with van der Waals surface area (Å²) in [7, 11) is -2.01. The van der Waals surface area contributed by atoms with Crippen molar-refractivity contribution in [3.05, 3.63) is 36.4 Å². The summed E-state index contributed by atoms with van der Waals surface area (Å²) in [6.07, 6.45) is 0.423. The summed E-state index contributed by atoms with van der Waals surface area (Å²) < 4.78 is 31.6. The van der Waals surface area contributed by atoms with E-state index in [9.17, 15) is 13.2 Å². The van der Waals surface area contributed by atoms with Crippen LogP contribution in [0.3, 0.4) is 0 Å². The lowest BCUT2D eigenvalue weighted by molar-refractivity contribution is -0.118. The van der Waals surface area contributed by atoms with Gasteiger partial charge in [-0.3, -0.25) is 4.79 Å². The number of hydrogen-bond donors (Lipinski definition) is 1. The fourth-order valence-electron chi connectivity index (χ4n) is 2.46. The first-order valence-electron chi connectivity index (χ1n) is 6.93. The monoisotopic (exact) mass is 324 g/mol. The molecule has 1 atom stereocenters. The molecule has 1 aliphatic heterocycles. The second kappa shape index (κ2) is 6.50. The van der Waals surface area contributed by atoms with Gasteiger partial charge in [-0.2, -0.15) is 0 Å². The fraction of sp³-hybridized carbons (Fsp3) is 0.400. The zero-order chi connectivity index (χ0) is 16.3. The molecule has 1 aromatic carbocycles. The van der Waals surface area contributed by atoms with Crippen molar-refractivity contribution in [1.82, 2.24) is 4.72 Å². The smallest absolute Gasteiger partial charge is 0.245 e. The largest absolute Gasteiger partial charge is 0.495 e. The predicted molar refractivity (Wildman–Crippen MR) is 85.5 cm³/mol. The van der Waals surface area contributed by atoms with Crippen LogP contribution in [0.15, 0.2) is 36.4 Å². The summed E-state index contributed by atoms with van der Waals surface area (Å²) in [5, 5.41) is 0. The fourth-order valence-corrected chi connectivity index (χ4v) is 3.85. The molecule has 1 saturated heterocycles. The number of hydrogen-bond acceptors (Lipinski definition) is 4. The Morgan fingerprint density at radius 3 is 2.77 bits per heavy atom. The maximum absolute atomic E-state index is 12.5. The minimum absolute atomic E-state index is 0.175. The van der Waals surface area contributed by atoms with Crippen molar-refractivity contribution in [3.63, 3.8) is 0 Å². The molecule has 0 radical (unpaired) electrons. The van der Waals surface area contributed by atoms with Crippen molar-refractivity contribution >= 4 is 21.6 Å². The van der Waals surface area contributed by atoms with Gasteiger partial charge in [0.05, 0.1) is 18.6 Å². The van der Waals surface area contributed by atoms with E-state index in [-0.39, 0.29) is 11.7 Å². The molecule has 120 valence electrons. The SMILES string of the molecule is C=C(C)CS(=O)(=O)N[C@H]1CCN(c2ccccc2OC)C1=O. The van der Waals surface area contributed by atoms with Crippen molar-refractivity contribution in [2.24, 2.45) is 0 Å². The summed E-state index contributed by atoms with van der Waals surface area (Å²) in [6, 6.07) is 6.43. The minimum Gasteiger partial charge on any atom is -0.495 e. The normalized spacial score (nSPS) is 18.5. The summed E-state index contributed by atoms with van der Waals surface area (Å²) in [5.74, 6) is 0.141.